The van der Waals surface area contributed by atoms with Crippen LogP contribution in [0.1, 0.15) is 37.7 Å². The summed E-state index contributed by atoms with van der Waals surface area (Å²) in [5, 5.41) is 0. The van der Waals surface area contributed by atoms with Crippen LogP contribution in [0.15, 0.2) is 24.3 Å². The molecule has 0 N–H and O–H groups in total. The lowest BCUT2D eigenvalue weighted by Gasteiger charge is -2.36. The Kier molecular flexibility index (Phi) is 5.95. The first-order chi connectivity index (χ1) is 12.1. The molecule has 0 bridgehead atoms. The van der Waals surface area contributed by atoms with Gasteiger partial charge >= 0.3 is 0 Å². The van der Waals surface area contributed by atoms with Crippen molar-refractivity contribution < 1.29 is 9.59 Å². The Labute approximate surface area is 150 Å². The fourth-order valence-corrected chi connectivity index (χ4v) is 3.71. The van der Waals surface area contributed by atoms with E-state index in [0.717, 1.165) is 39.0 Å². The third-order valence-electron chi connectivity index (χ3n) is 5.26. The molecular formula is C20H29N3O2. The number of piperazine rings is 1. The van der Waals surface area contributed by atoms with Crippen LogP contribution in [0.4, 0.5) is 5.69 Å². The quantitative estimate of drug-likeness (QED) is 0.792. The molecule has 0 spiro atoms. The molecule has 25 heavy (non-hydrogen) atoms. The number of likely N-dealkylation sites (tertiary alicyclic amines) is 1. The minimum Gasteiger partial charge on any atom is -0.368 e. The molecule has 0 atom stereocenters. The van der Waals surface area contributed by atoms with Gasteiger partial charge in [0.25, 0.3) is 0 Å². The number of benzene rings is 1. The zero-order valence-corrected chi connectivity index (χ0v) is 15.2. The van der Waals surface area contributed by atoms with Crippen LogP contribution in [-0.2, 0) is 9.59 Å². The maximum Gasteiger partial charge on any atom is 0.232 e. The van der Waals surface area contributed by atoms with Gasteiger partial charge in [0.15, 0.2) is 0 Å². The van der Waals surface area contributed by atoms with Gasteiger partial charge in [-0.2, -0.15) is 0 Å². The van der Waals surface area contributed by atoms with Crippen molar-refractivity contribution in [3.8, 4) is 0 Å². The molecule has 3 rings (SSSR count). The van der Waals surface area contributed by atoms with Gasteiger partial charge in [-0.1, -0.05) is 25.0 Å². The van der Waals surface area contributed by atoms with Crippen LogP contribution in [0.25, 0.3) is 0 Å². The number of hydrogen-bond donors (Lipinski definition) is 0. The number of aryl methyl sites for hydroxylation is 1. The molecule has 0 aliphatic carbocycles. The number of hydrogen-bond acceptors (Lipinski definition) is 3. The van der Waals surface area contributed by atoms with Gasteiger partial charge in [-0.05, 0) is 37.5 Å². The first-order valence-corrected chi connectivity index (χ1v) is 9.50. The molecule has 2 aliphatic heterocycles. The van der Waals surface area contributed by atoms with Crippen molar-refractivity contribution >= 4 is 17.5 Å². The molecule has 0 saturated carbocycles. The summed E-state index contributed by atoms with van der Waals surface area (Å²) in [7, 11) is 0. The lowest BCUT2D eigenvalue weighted by atomic mass is 10.2. The summed E-state index contributed by atoms with van der Waals surface area (Å²) in [5.41, 5.74) is 2.46. The van der Waals surface area contributed by atoms with Gasteiger partial charge in [-0.15, -0.1) is 0 Å². The van der Waals surface area contributed by atoms with Crippen LogP contribution in [0, 0.1) is 6.92 Å². The Morgan fingerprint density at radius 2 is 1.44 bits per heavy atom. The monoisotopic (exact) mass is 343 g/mol. The molecule has 0 aromatic heterocycles. The SMILES string of the molecule is Cc1cccc(N2CCN(C(=O)CC(=O)N3CCCCCC3)CC2)c1. The van der Waals surface area contributed by atoms with Crippen LogP contribution < -0.4 is 4.90 Å². The van der Waals surface area contributed by atoms with Crippen LogP contribution in [-0.4, -0.2) is 60.9 Å². The largest absolute Gasteiger partial charge is 0.368 e. The van der Waals surface area contributed by atoms with Gasteiger partial charge in [-0.3, -0.25) is 9.59 Å². The topological polar surface area (TPSA) is 43.9 Å². The number of carbonyl (C=O) groups is 2. The van der Waals surface area contributed by atoms with Gasteiger partial charge in [0.2, 0.25) is 11.8 Å². The minimum absolute atomic E-state index is 0.00742. The third-order valence-corrected chi connectivity index (χ3v) is 5.26. The summed E-state index contributed by atoms with van der Waals surface area (Å²) in [6.45, 7) is 6.76. The van der Waals surface area contributed by atoms with Crippen molar-refractivity contribution in [3.63, 3.8) is 0 Å². The number of carbonyl (C=O) groups excluding carboxylic acids is 2. The van der Waals surface area contributed by atoms with Gasteiger partial charge in [-0.25, -0.2) is 0 Å². The van der Waals surface area contributed by atoms with E-state index in [1.165, 1.54) is 24.1 Å². The molecule has 2 fully saturated rings. The molecule has 0 unspecified atom stereocenters. The first-order valence-electron chi connectivity index (χ1n) is 9.50. The molecule has 2 saturated heterocycles. The van der Waals surface area contributed by atoms with E-state index >= 15 is 0 Å². The van der Waals surface area contributed by atoms with Gasteiger partial charge in [0, 0.05) is 45.0 Å². The minimum atomic E-state index is -0.0156. The molecule has 5 nitrogen and oxygen atoms in total. The van der Waals surface area contributed by atoms with Gasteiger partial charge < -0.3 is 14.7 Å². The second-order valence-electron chi connectivity index (χ2n) is 7.18. The summed E-state index contributed by atoms with van der Waals surface area (Å²) >= 11 is 0. The van der Waals surface area contributed by atoms with Crippen molar-refractivity contribution in [2.75, 3.05) is 44.2 Å². The number of rotatable bonds is 3. The molecule has 2 amide bonds. The van der Waals surface area contributed by atoms with Gasteiger partial charge in [0.1, 0.15) is 6.42 Å². The van der Waals surface area contributed by atoms with E-state index < -0.39 is 0 Å². The van der Waals surface area contributed by atoms with E-state index in [-0.39, 0.29) is 18.2 Å². The summed E-state index contributed by atoms with van der Waals surface area (Å²) in [4.78, 5) is 30.9. The highest BCUT2D eigenvalue weighted by Gasteiger charge is 2.25. The predicted octanol–water partition coefficient (Wildman–Crippen LogP) is 2.44. The molecule has 5 heteroatoms. The van der Waals surface area contributed by atoms with Crippen LogP contribution in [0.5, 0.6) is 0 Å². The molecule has 136 valence electrons. The van der Waals surface area contributed by atoms with E-state index in [1.807, 2.05) is 9.80 Å². The third kappa shape index (κ3) is 4.74. The van der Waals surface area contributed by atoms with E-state index in [0.29, 0.717) is 13.1 Å². The van der Waals surface area contributed by atoms with Crippen LogP contribution in [0.2, 0.25) is 0 Å². The average molecular weight is 343 g/mol. The first kappa shape index (κ1) is 17.8. The van der Waals surface area contributed by atoms with Crippen molar-refractivity contribution in [3.05, 3.63) is 29.8 Å². The summed E-state index contributed by atoms with van der Waals surface area (Å²) in [5.74, 6) is -0.00819. The van der Waals surface area contributed by atoms with Crippen molar-refractivity contribution in [1.29, 1.82) is 0 Å². The lowest BCUT2D eigenvalue weighted by molar-refractivity contribution is -0.140. The molecule has 0 radical (unpaired) electrons. The van der Waals surface area contributed by atoms with E-state index in [9.17, 15) is 9.59 Å². The Morgan fingerprint density at radius 3 is 2.04 bits per heavy atom. The molecular weight excluding hydrogens is 314 g/mol. The van der Waals surface area contributed by atoms with Gasteiger partial charge in [0.05, 0.1) is 0 Å². The van der Waals surface area contributed by atoms with E-state index in [4.69, 9.17) is 0 Å². The van der Waals surface area contributed by atoms with Crippen molar-refractivity contribution in [2.45, 2.75) is 39.0 Å². The van der Waals surface area contributed by atoms with Crippen LogP contribution >= 0.6 is 0 Å². The number of amides is 2. The highest BCUT2D eigenvalue weighted by Crippen LogP contribution is 2.18. The number of anilines is 1. The average Bonchev–Trinajstić information content (AvgIpc) is 2.91. The molecule has 2 aliphatic rings. The summed E-state index contributed by atoms with van der Waals surface area (Å²) < 4.78 is 0. The molecule has 2 heterocycles. The molecule has 1 aromatic rings. The van der Waals surface area contributed by atoms with Crippen molar-refractivity contribution in [1.82, 2.24) is 9.80 Å². The maximum atomic E-state index is 12.5. The smallest absolute Gasteiger partial charge is 0.232 e. The van der Waals surface area contributed by atoms with Crippen molar-refractivity contribution in [2.24, 2.45) is 0 Å². The lowest BCUT2D eigenvalue weighted by Crippen LogP contribution is -2.49. The summed E-state index contributed by atoms with van der Waals surface area (Å²) in [6, 6.07) is 8.47. The fourth-order valence-electron chi connectivity index (χ4n) is 3.71. The fraction of sp³-hybridized carbons (Fsp3) is 0.600. The van der Waals surface area contributed by atoms with E-state index in [1.54, 1.807) is 0 Å². The Balaban J connectivity index is 1.48. The number of nitrogens with zero attached hydrogens (tertiary/aromatic N) is 3. The predicted molar refractivity (Wildman–Crippen MR) is 99.6 cm³/mol. The Bertz CT molecular complexity index is 601. The summed E-state index contributed by atoms with van der Waals surface area (Å²) in [6.07, 6.45) is 4.55. The normalized spacial score (nSPS) is 18.8. The second kappa shape index (κ2) is 8.37. The highest BCUT2D eigenvalue weighted by atomic mass is 16.2. The zero-order chi connectivity index (χ0) is 17.6. The van der Waals surface area contributed by atoms with E-state index in [2.05, 4.69) is 36.1 Å². The Hall–Kier alpha value is -2.04. The maximum absolute atomic E-state index is 12.5. The standard InChI is InChI=1S/C20H29N3O2/c1-17-7-6-8-18(15-17)21-11-13-23(14-12-21)20(25)16-19(24)22-9-4-2-3-5-10-22/h6-8,15H,2-5,9-14,16H2,1H3. The Morgan fingerprint density at radius 1 is 0.840 bits per heavy atom. The molecule has 1 aromatic carbocycles. The highest BCUT2D eigenvalue weighted by molar-refractivity contribution is 5.97. The van der Waals surface area contributed by atoms with Crippen LogP contribution in [0.3, 0.4) is 0 Å². The zero-order valence-electron chi connectivity index (χ0n) is 15.2. The second-order valence-corrected chi connectivity index (χ2v) is 7.18.